The van der Waals surface area contributed by atoms with Crippen LogP contribution in [0.25, 0.3) is 0 Å². The Labute approximate surface area is 223 Å². The molecule has 3 aromatic rings. The van der Waals surface area contributed by atoms with Crippen molar-refractivity contribution in [3.05, 3.63) is 102 Å². The first-order chi connectivity index (χ1) is 18.8. The van der Waals surface area contributed by atoms with Gasteiger partial charge in [-0.2, -0.15) is 0 Å². The van der Waals surface area contributed by atoms with Gasteiger partial charge >= 0.3 is 29.8 Å². The first-order valence-corrected chi connectivity index (χ1v) is 11.7. The fraction of sp³-hybridized carbons (Fsp3) is 0.138. The lowest BCUT2D eigenvalue weighted by Gasteiger charge is -2.08. The molecule has 0 aromatic heterocycles. The number of esters is 5. The first-order valence-electron chi connectivity index (χ1n) is 11.7. The predicted molar refractivity (Wildman–Crippen MR) is 136 cm³/mol. The van der Waals surface area contributed by atoms with Gasteiger partial charge in [-0.1, -0.05) is 25.6 Å². The lowest BCUT2D eigenvalue weighted by atomic mass is 10.1. The molecule has 0 aliphatic carbocycles. The molecule has 0 spiro atoms. The second kappa shape index (κ2) is 13.9. The standard InChI is InChI=1S/C29H24O10/c1-3-19-5-7-20(8-6-19)28(33)38-23-13-15-24(16-14-23)39-29(34)21-9-11-22(12-10-21)37-27(32)18-36-26(31)17-35-25(30)4-2/h4-16H,2-3,17-18H2,1H3. The maximum atomic E-state index is 12.4. The number of benzene rings is 3. The van der Waals surface area contributed by atoms with E-state index in [9.17, 15) is 24.0 Å². The third-order valence-electron chi connectivity index (χ3n) is 5.01. The van der Waals surface area contributed by atoms with Crippen molar-refractivity contribution < 1.29 is 47.7 Å². The van der Waals surface area contributed by atoms with E-state index in [1.54, 1.807) is 12.1 Å². The molecule has 0 saturated heterocycles. The summed E-state index contributed by atoms with van der Waals surface area (Å²) in [7, 11) is 0. The molecule has 0 unspecified atom stereocenters. The maximum absolute atomic E-state index is 12.4. The molecule has 0 aliphatic rings. The van der Waals surface area contributed by atoms with Crippen LogP contribution in [0.1, 0.15) is 33.2 Å². The fourth-order valence-corrected chi connectivity index (χ4v) is 2.97. The minimum Gasteiger partial charge on any atom is -0.451 e. The highest BCUT2D eigenvalue weighted by Crippen LogP contribution is 2.21. The number of hydrogen-bond acceptors (Lipinski definition) is 10. The largest absolute Gasteiger partial charge is 0.451 e. The average Bonchev–Trinajstić information content (AvgIpc) is 2.96. The fourth-order valence-electron chi connectivity index (χ4n) is 2.97. The Morgan fingerprint density at radius 1 is 0.615 bits per heavy atom. The molecule has 3 aromatic carbocycles. The van der Waals surface area contributed by atoms with Crippen LogP contribution in [-0.4, -0.2) is 43.1 Å². The summed E-state index contributed by atoms with van der Waals surface area (Å²) in [6.45, 7) is 3.83. The van der Waals surface area contributed by atoms with Gasteiger partial charge in [-0.25, -0.2) is 24.0 Å². The van der Waals surface area contributed by atoms with Crippen molar-refractivity contribution in [2.75, 3.05) is 13.2 Å². The molecule has 10 heteroatoms. The van der Waals surface area contributed by atoms with Crippen LogP contribution in [0.2, 0.25) is 0 Å². The van der Waals surface area contributed by atoms with E-state index in [0.29, 0.717) is 5.56 Å². The van der Waals surface area contributed by atoms with Gasteiger partial charge in [0.1, 0.15) is 17.2 Å². The Hall–Kier alpha value is -5.25. The van der Waals surface area contributed by atoms with E-state index in [0.717, 1.165) is 18.1 Å². The summed E-state index contributed by atoms with van der Waals surface area (Å²) < 4.78 is 24.8. The SMILES string of the molecule is C=CC(=O)OCC(=O)OCC(=O)Oc1ccc(C(=O)Oc2ccc(OC(=O)c3ccc(CC)cc3)cc2)cc1. The van der Waals surface area contributed by atoms with E-state index in [1.807, 2.05) is 19.1 Å². The molecule has 0 amide bonds. The first kappa shape index (κ1) is 28.3. The highest BCUT2D eigenvalue weighted by Gasteiger charge is 2.14. The number of carbonyl (C=O) groups excluding carboxylic acids is 5. The minimum atomic E-state index is -0.937. The molecule has 0 fully saturated rings. The third-order valence-corrected chi connectivity index (χ3v) is 5.01. The van der Waals surface area contributed by atoms with Gasteiger partial charge in [0, 0.05) is 6.08 Å². The van der Waals surface area contributed by atoms with Gasteiger partial charge in [-0.3, -0.25) is 0 Å². The molecular weight excluding hydrogens is 508 g/mol. The zero-order chi connectivity index (χ0) is 28.2. The normalized spacial score (nSPS) is 10.1. The van der Waals surface area contributed by atoms with Crippen LogP contribution < -0.4 is 14.2 Å². The highest BCUT2D eigenvalue weighted by atomic mass is 16.6. The van der Waals surface area contributed by atoms with Crippen molar-refractivity contribution >= 4 is 29.8 Å². The quantitative estimate of drug-likeness (QED) is 0.204. The lowest BCUT2D eigenvalue weighted by Crippen LogP contribution is -2.22. The van der Waals surface area contributed by atoms with Crippen molar-refractivity contribution in [1.29, 1.82) is 0 Å². The van der Waals surface area contributed by atoms with E-state index in [4.69, 9.17) is 14.2 Å². The Balaban J connectivity index is 1.46. The number of ether oxygens (including phenoxy) is 5. The molecule has 200 valence electrons. The summed E-state index contributed by atoms with van der Waals surface area (Å²) in [6.07, 6.45) is 1.75. The van der Waals surface area contributed by atoms with Gasteiger partial charge in [-0.05, 0) is 72.6 Å². The number of hydrogen-bond donors (Lipinski definition) is 0. The molecule has 0 radical (unpaired) electrons. The molecule has 3 rings (SSSR count). The van der Waals surface area contributed by atoms with Crippen molar-refractivity contribution in [1.82, 2.24) is 0 Å². The summed E-state index contributed by atoms with van der Waals surface area (Å²) in [5.74, 6) is -3.19. The Kier molecular flexibility index (Phi) is 10.1. The van der Waals surface area contributed by atoms with E-state index in [-0.39, 0.29) is 22.8 Å². The highest BCUT2D eigenvalue weighted by molar-refractivity contribution is 5.92. The summed E-state index contributed by atoms with van der Waals surface area (Å²) in [6, 6.07) is 18.6. The van der Waals surface area contributed by atoms with Gasteiger partial charge in [0.15, 0.2) is 13.2 Å². The number of aryl methyl sites for hydroxylation is 1. The van der Waals surface area contributed by atoms with E-state index in [2.05, 4.69) is 16.1 Å². The zero-order valence-corrected chi connectivity index (χ0v) is 20.9. The van der Waals surface area contributed by atoms with Crippen molar-refractivity contribution in [2.24, 2.45) is 0 Å². The summed E-state index contributed by atoms with van der Waals surface area (Å²) in [5.41, 5.74) is 1.71. The van der Waals surface area contributed by atoms with E-state index in [1.165, 1.54) is 48.5 Å². The molecule has 0 saturated carbocycles. The monoisotopic (exact) mass is 532 g/mol. The van der Waals surface area contributed by atoms with Crippen LogP contribution in [0.3, 0.4) is 0 Å². The van der Waals surface area contributed by atoms with Gasteiger partial charge in [0.25, 0.3) is 0 Å². The van der Waals surface area contributed by atoms with E-state index >= 15 is 0 Å². The molecule has 10 nitrogen and oxygen atoms in total. The molecule has 0 aliphatic heterocycles. The third kappa shape index (κ3) is 8.97. The van der Waals surface area contributed by atoms with Crippen LogP contribution in [0.15, 0.2) is 85.5 Å². The van der Waals surface area contributed by atoms with E-state index < -0.39 is 43.1 Å². The Bertz CT molecular complexity index is 1340. The minimum absolute atomic E-state index is 0.0983. The van der Waals surface area contributed by atoms with Gasteiger partial charge in [-0.15, -0.1) is 0 Å². The number of carbonyl (C=O) groups is 5. The van der Waals surface area contributed by atoms with Crippen LogP contribution in [-0.2, 0) is 30.3 Å². The smallest absolute Gasteiger partial charge is 0.349 e. The molecule has 0 heterocycles. The van der Waals surface area contributed by atoms with Crippen LogP contribution in [0.5, 0.6) is 17.2 Å². The summed E-state index contributed by atoms with van der Waals surface area (Å²) in [5, 5.41) is 0. The second-order valence-corrected chi connectivity index (χ2v) is 7.77. The summed E-state index contributed by atoms with van der Waals surface area (Å²) in [4.78, 5) is 58.9. The van der Waals surface area contributed by atoms with Crippen LogP contribution in [0.4, 0.5) is 0 Å². The predicted octanol–water partition coefficient (Wildman–Crippen LogP) is 3.87. The molecule has 0 bridgehead atoms. The van der Waals surface area contributed by atoms with Gasteiger partial charge in [0.05, 0.1) is 11.1 Å². The van der Waals surface area contributed by atoms with Crippen molar-refractivity contribution in [3.63, 3.8) is 0 Å². The topological polar surface area (TPSA) is 132 Å². The average molecular weight is 533 g/mol. The Morgan fingerprint density at radius 2 is 1.05 bits per heavy atom. The lowest BCUT2D eigenvalue weighted by molar-refractivity contribution is -0.160. The molecular formula is C29H24O10. The van der Waals surface area contributed by atoms with Gasteiger partial charge in [0.2, 0.25) is 0 Å². The zero-order valence-electron chi connectivity index (χ0n) is 20.9. The second-order valence-electron chi connectivity index (χ2n) is 7.77. The van der Waals surface area contributed by atoms with Crippen molar-refractivity contribution in [3.8, 4) is 17.2 Å². The maximum Gasteiger partial charge on any atom is 0.349 e. The number of rotatable bonds is 11. The van der Waals surface area contributed by atoms with Gasteiger partial charge < -0.3 is 23.7 Å². The molecule has 0 N–H and O–H groups in total. The van der Waals surface area contributed by atoms with Crippen LogP contribution >= 0.6 is 0 Å². The molecule has 39 heavy (non-hydrogen) atoms. The molecule has 0 atom stereocenters. The van der Waals surface area contributed by atoms with Crippen LogP contribution in [0, 0.1) is 0 Å². The van der Waals surface area contributed by atoms with Crippen molar-refractivity contribution in [2.45, 2.75) is 13.3 Å². The summed E-state index contributed by atoms with van der Waals surface area (Å²) >= 11 is 0. The Morgan fingerprint density at radius 3 is 1.54 bits per heavy atom.